The van der Waals surface area contributed by atoms with Crippen LogP contribution in [-0.4, -0.2) is 48.3 Å². The molecule has 0 bridgehead atoms. The number of aliphatic hydroxyl groups is 1. The number of anilines is 1. The predicted molar refractivity (Wildman–Crippen MR) is 115 cm³/mol. The van der Waals surface area contributed by atoms with Gasteiger partial charge in [-0.3, -0.25) is 9.59 Å². The topological polar surface area (TPSA) is 101 Å². The number of aliphatic hydroxyl groups excluding tert-OH is 1. The Morgan fingerprint density at radius 1 is 1.06 bits per heavy atom. The van der Waals surface area contributed by atoms with Crippen LogP contribution >= 0.6 is 0 Å². The summed E-state index contributed by atoms with van der Waals surface area (Å²) >= 11 is 0. The van der Waals surface area contributed by atoms with Gasteiger partial charge in [-0.05, 0) is 37.5 Å². The van der Waals surface area contributed by atoms with Crippen LogP contribution in [0.1, 0.15) is 35.6 Å². The zero-order valence-electron chi connectivity index (χ0n) is 17.8. The molecule has 0 unspecified atom stereocenters. The lowest BCUT2D eigenvalue weighted by atomic mass is 9.94. The van der Waals surface area contributed by atoms with Crippen LogP contribution < -0.4 is 10.0 Å². The first kappa shape index (κ1) is 22.1. The van der Waals surface area contributed by atoms with Crippen LogP contribution in [-0.2, 0) is 14.4 Å². The van der Waals surface area contributed by atoms with Crippen molar-refractivity contribution >= 4 is 29.1 Å². The molecule has 1 aliphatic heterocycles. The van der Waals surface area contributed by atoms with E-state index in [1.807, 2.05) is 50.2 Å². The Morgan fingerprint density at radius 2 is 1.68 bits per heavy atom. The highest BCUT2D eigenvalue weighted by molar-refractivity contribution is 6.46. The standard InChI is InChI=1S/C24H26N2O5/c1-15-6-8-17(9-7-15)22(29)20-21(16-10-12-18(13-11-16)25(2)3)26(24(31)23(20)30)14-4-5-19(27)28/h6-13,21,29H,4-5,14H2,1-3H3,(H,27,28)/p-1/b22-20+/t21-/m1/s1. The van der Waals surface area contributed by atoms with Crippen LogP contribution in [0.15, 0.2) is 54.1 Å². The SMILES string of the molecule is Cc1ccc(/C(O)=C2\C(=O)C(=O)N(CCCC(=O)[O-])[C@@H]2c2ccc(N(C)C)cc2)cc1. The summed E-state index contributed by atoms with van der Waals surface area (Å²) in [6.07, 6.45) is -0.0839. The summed E-state index contributed by atoms with van der Waals surface area (Å²) in [5.74, 6) is -3.01. The van der Waals surface area contributed by atoms with E-state index in [-0.39, 0.29) is 30.7 Å². The van der Waals surface area contributed by atoms with Crippen LogP contribution in [0.2, 0.25) is 0 Å². The van der Waals surface area contributed by atoms with Crippen molar-refractivity contribution in [3.05, 3.63) is 70.8 Å². The molecule has 0 radical (unpaired) electrons. The summed E-state index contributed by atoms with van der Waals surface area (Å²) in [5, 5.41) is 21.8. The Hall–Kier alpha value is -3.61. The van der Waals surface area contributed by atoms with Gasteiger partial charge in [0.1, 0.15) is 5.76 Å². The van der Waals surface area contributed by atoms with Gasteiger partial charge in [-0.15, -0.1) is 0 Å². The summed E-state index contributed by atoms with van der Waals surface area (Å²) in [6, 6.07) is 13.5. The molecule has 1 fully saturated rings. The maximum absolute atomic E-state index is 12.9. The highest BCUT2D eigenvalue weighted by Crippen LogP contribution is 2.40. The molecule has 7 heteroatoms. The second kappa shape index (κ2) is 9.04. The summed E-state index contributed by atoms with van der Waals surface area (Å²) in [6.45, 7) is 1.97. The lowest BCUT2D eigenvalue weighted by Crippen LogP contribution is -2.32. The number of benzene rings is 2. The molecule has 162 valence electrons. The summed E-state index contributed by atoms with van der Waals surface area (Å²) < 4.78 is 0. The van der Waals surface area contributed by atoms with E-state index in [0.717, 1.165) is 11.3 Å². The maximum Gasteiger partial charge on any atom is 0.295 e. The first-order valence-corrected chi connectivity index (χ1v) is 10.0. The molecule has 3 rings (SSSR count). The third kappa shape index (κ3) is 4.60. The van der Waals surface area contributed by atoms with Crippen molar-refractivity contribution in [3.8, 4) is 0 Å². The second-order valence-corrected chi connectivity index (χ2v) is 7.82. The number of likely N-dealkylation sites (tertiary alicyclic amines) is 1. The molecule has 7 nitrogen and oxygen atoms in total. The van der Waals surface area contributed by atoms with Crippen LogP contribution in [0.3, 0.4) is 0 Å². The number of nitrogens with zero attached hydrogens (tertiary/aromatic N) is 2. The monoisotopic (exact) mass is 421 g/mol. The Kier molecular flexibility index (Phi) is 6.44. The molecule has 1 atom stereocenters. The lowest BCUT2D eigenvalue weighted by Gasteiger charge is -2.26. The third-order valence-electron chi connectivity index (χ3n) is 5.37. The Morgan fingerprint density at radius 3 is 2.23 bits per heavy atom. The van der Waals surface area contributed by atoms with Crippen molar-refractivity contribution in [3.63, 3.8) is 0 Å². The maximum atomic E-state index is 12.9. The Bertz CT molecular complexity index is 1020. The molecule has 1 heterocycles. The molecule has 0 aliphatic carbocycles. The van der Waals surface area contributed by atoms with Gasteiger partial charge in [-0.1, -0.05) is 42.0 Å². The summed E-state index contributed by atoms with van der Waals surface area (Å²) in [4.78, 5) is 39.8. The van der Waals surface area contributed by atoms with E-state index >= 15 is 0 Å². The first-order valence-electron chi connectivity index (χ1n) is 10.0. The number of hydrogen-bond donors (Lipinski definition) is 1. The van der Waals surface area contributed by atoms with Gasteiger partial charge in [0.2, 0.25) is 0 Å². The molecule has 31 heavy (non-hydrogen) atoms. The molecule has 2 aromatic rings. The number of ketones is 1. The Labute approximate surface area is 181 Å². The van der Waals surface area contributed by atoms with E-state index in [4.69, 9.17) is 0 Å². The van der Waals surface area contributed by atoms with Crippen LogP contribution in [0.5, 0.6) is 0 Å². The highest BCUT2D eigenvalue weighted by Gasteiger charge is 2.45. The summed E-state index contributed by atoms with van der Waals surface area (Å²) in [7, 11) is 3.80. The number of carboxylic acids is 1. The van der Waals surface area contributed by atoms with Gasteiger partial charge < -0.3 is 24.8 Å². The average molecular weight is 421 g/mol. The van der Waals surface area contributed by atoms with Gasteiger partial charge in [-0.25, -0.2) is 0 Å². The molecule has 1 saturated heterocycles. The van der Waals surface area contributed by atoms with Gasteiger partial charge in [0.15, 0.2) is 0 Å². The minimum absolute atomic E-state index is 0.0000869. The van der Waals surface area contributed by atoms with E-state index in [0.29, 0.717) is 11.1 Å². The first-order chi connectivity index (χ1) is 14.7. The number of rotatable bonds is 7. The number of carbonyl (C=O) groups excluding carboxylic acids is 3. The zero-order chi connectivity index (χ0) is 22.7. The number of carbonyl (C=O) groups is 3. The number of carboxylic acid groups (broad SMARTS) is 1. The molecule has 0 aromatic heterocycles. The smallest absolute Gasteiger partial charge is 0.295 e. The van der Waals surface area contributed by atoms with Crippen molar-refractivity contribution in [2.45, 2.75) is 25.8 Å². The lowest BCUT2D eigenvalue weighted by molar-refractivity contribution is -0.305. The molecule has 0 saturated carbocycles. The van der Waals surface area contributed by atoms with Gasteiger partial charge >= 0.3 is 0 Å². The molecular weight excluding hydrogens is 396 g/mol. The molecular formula is C24H25N2O5-. The molecule has 1 N–H and O–H groups in total. The largest absolute Gasteiger partial charge is 0.550 e. The normalized spacial score (nSPS) is 17.8. The second-order valence-electron chi connectivity index (χ2n) is 7.82. The Balaban J connectivity index is 2.09. The fourth-order valence-electron chi connectivity index (χ4n) is 3.67. The van der Waals surface area contributed by atoms with Crippen LogP contribution in [0, 0.1) is 6.92 Å². The average Bonchev–Trinajstić information content (AvgIpc) is 2.98. The van der Waals surface area contributed by atoms with Crippen LogP contribution in [0.4, 0.5) is 5.69 Å². The fraction of sp³-hybridized carbons (Fsp3) is 0.292. The van der Waals surface area contributed by atoms with E-state index in [2.05, 4.69) is 0 Å². The highest BCUT2D eigenvalue weighted by atomic mass is 16.4. The predicted octanol–water partition coefficient (Wildman–Crippen LogP) is 2.01. The van der Waals surface area contributed by atoms with Gasteiger partial charge in [-0.2, -0.15) is 0 Å². The molecule has 2 aromatic carbocycles. The van der Waals surface area contributed by atoms with Crippen LogP contribution in [0.25, 0.3) is 5.76 Å². The number of amides is 1. The summed E-state index contributed by atoms with van der Waals surface area (Å²) in [5.41, 5.74) is 3.03. The number of hydrogen-bond acceptors (Lipinski definition) is 6. The van der Waals surface area contributed by atoms with E-state index in [1.54, 1.807) is 24.3 Å². The quantitative estimate of drug-likeness (QED) is 0.417. The van der Waals surface area contributed by atoms with Crippen molar-refractivity contribution < 1.29 is 24.6 Å². The van der Waals surface area contributed by atoms with Gasteiger partial charge in [0, 0.05) is 37.9 Å². The molecule has 1 amide bonds. The van der Waals surface area contributed by atoms with Crippen molar-refractivity contribution in [1.82, 2.24) is 4.90 Å². The number of aryl methyl sites for hydroxylation is 1. The van der Waals surface area contributed by atoms with Gasteiger partial charge in [0.25, 0.3) is 11.7 Å². The number of Topliss-reactive ketones (excluding diaryl/α,β-unsaturated/α-hetero) is 1. The van der Waals surface area contributed by atoms with Crippen molar-refractivity contribution in [2.24, 2.45) is 0 Å². The van der Waals surface area contributed by atoms with E-state index in [9.17, 15) is 24.6 Å². The minimum Gasteiger partial charge on any atom is -0.550 e. The number of aliphatic carboxylic acids is 1. The molecule has 0 spiro atoms. The van der Waals surface area contributed by atoms with E-state index < -0.39 is 23.7 Å². The zero-order valence-corrected chi connectivity index (χ0v) is 17.8. The van der Waals surface area contributed by atoms with Crippen molar-refractivity contribution in [2.75, 3.05) is 25.5 Å². The van der Waals surface area contributed by atoms with E-state index in [1.165, 1.54) is 4.90 Å². The van der Waals surface area contributed by atoms with Gasteiger partial charge in [0.05, 0.1) is 11.6 Å². The fourth-order valence-corrected chi connectivity index (χ4v) is 3.67. The minimum atomic E-state index is -1.22. The van der Waals surface area contributed by atoms with Crippen molar-refractivity contribution in [1.29, 1.82) is 0 Å². The molecule has 1 aliphatic rings. The third-order valence-corrected chi connectivity index (χ3v) is 5.37.